The number of hydrogen-bond donors (Lipinski definition) is 1. The third kappa shape index (κ3) is 2.87. The minimum Gasteiger partial charge on any atom is -0.289 e. The molecule has 0 aliphatic heterocycles. The highest BCUT2D eigenvalue weighted by Gasteiger charge is 2.00. The summed E-state index contributed by atoms with van der Waals surface area (Å²) in [5, 5.41) is 4.71. The molecule has 4 nitrogen and oxygen atoms in total. The second-order valence-corrected chi connectivity index (χ2v) is 3.15. The standard InChI is InChI=1S/C8H6BrN3O/c9-7-3-1-2-6(4-7)8(13)5-11-12-10/h1-5,12H. The molecule has 0 aromatic heterocycles. The average molecular weight is 240 g/mol. The summed E-state index contributed by atoms with van der Waals surface area (Å²) in [6.07, 6.45) is 1.00. The molecule has 1 rings (SSSR count). The van der Waals surface area contributed by atoms with Crippen LogP contribution in [-0.4, -0.2) is 12.0 Å². The molecule has 0 saturated carbocycles. The molecule has 1 N–H and O–H groups in total. The minimum atomic E-state index is -0.275. The zero-order valence-electron chi connectivity index (χ0n) is 6.57. The number of nitrogens with one attached hydrogen (secondary N) is 1. The summed E-state index contributed by atoms with van der Waals surface area (Å²) in [6.45, 7) is 0. The summed E-state index contributed by atoms with van der Waals surface area (Å²) < 4.78 is 0.823. The largest absolute Gasteiger partial charge is 0.289 e. The fourth-order valence-electron chi connectivity index (χ4n) is 0.804. The lowest BCUT2D eigenvalue weighted by Crippen LogP contribution is -2.54. The van der Waals surface area contributed by atoms with Crippen molar-refractivity contribution in [1.82, 2.24) is 0 Å². The van der Waals surface area contributed by atoms with E-state index in [9.17, 15) is 4.79 Å². The zero-order valence-corrected chi connectivity index (χ0v) is 8.15. The summed E-state index contributed by atoms with van der Waals surface area (Å²) in [5.41, 5.74) is 8.61. The molecule has 1 aromatic rings. The lowest BCUT2D eigenvalue weighted by molar-refractivity contribution is -0.485. The summed E-state index contributed by atoms with van der Waals surface area (Å²) in [6, 6.07) is 6.90. The van der Waals surface area contributed by atoms with Crippen molar-refractivity contribution in [3.05, 3.63) is 39.8 Å². The maximum Gasteiger partial charge on any atom is 0.187 e. The van der Waals surface area contributed by atoms with Crippen LogP contribution in [0.4, 0.5) is 0 Å². The smallest absolute Gasteiger partial charge is 0.187 e. The Morgan fingerprint density at radius 3 is 3.00 bits per heavy atom. The third-order valence-electron chi connectivity index (χ3n) is 1.35. The zero-order chi connectivity index (χ0) is 9.68. The van der Waals surface area contributed by atoms with Crippen molar-refractivity contribution in [3.8, 4) is 0 Å². The Kier molecular flexibility index (Phi) is 3.45. The van der Waals surface area contributed by atoms with Gasteiger partial charge in [0.2, 0.25) is 0 Å². The molecule has 0 amide bonds. The van der Waals surface area contributed by atoms with Crippen LogP contribution >= 0.6 is 15.9 Å². The van der Waals surface area contributed by atoms with E-state index in [0.29, 0.717) is 5.56 Å². The van der Waals surface area contributed by atoms with E-state index in [-0.39, 0.29) is 5.78 Å². The third-order valence-corrected chi connectivity index (χ3v) is 1.84. The normalized spacial score (nSPS) is 10.2. The van der Waals surface area contributed by atoms with E-state index in [1.165, 1.54) is 5.22 Å². The van der Waals surface area contributed by atoms with Crippen molar-refractivity contribution in [1.29, 1.82) is 0 Å². The molecule has 0 heterocycles. The Labute approximate surface area is 83.3 Å². The topological polar surface area (TPSA) is 65.7 Å². The fraction of sp³-hybridized carbons (Fsp3) is 0. The highest BCUT2D eigenvalue weighted by molar-refractivity contribution is 9.10. The predicted molar refractivity (Wildman–Crippen MR) is 51.3 cm³/mol. The number of carbonyl (C=O) groups excluding carboxylic acids is 1. The number of halogens is 1. The fourth-order valence-corrected chi connectivity index (χ4v) is 1.20. The molecule has 0 bridgehead atoms. The Morgan fingerprint density at radius 2 is 2.38 bits per heavy atom. The van der Waals surface area contributed by atoms with Gasteiger partial charge in [0.05, 0.1) is 0 Å². The van der Waals surface area contributed by atoms with Crippen molar-refractivity contribution in [3.63, 3.8) is 0 Å². The van der Waals surface area contributed by atoms with Crippen LogP contribution in [0.15, 0.2) is 33.8 Å². The van der Waals surface area contributed by atoms with Gasteiger partial charge in [-0.1, -0.05) is 28.1 Å². The van der Waals surface area contributed by atoms with Crippen LogP contribution in [0.2, 0.25) is 0 Å². The van der Waals surface area contributed by atoms with E-state index in [2.05, 4.69) is 21.0 Å². The van der Waals surface area contributed by atoms with Crippen LogP contribution in [0.3, 0.4) is 0 Å². The molecule has 1 aromatic carbocycles. The first-order chi connectivity index (χ1) is 6.24. The first-order valence-corrected chi connectivity index (χ1v) is 4.25. The molecule has 0 spiro atoms. The number of nitrogens with zero attached hydrogens (tertiary/aromatic N) is 2. The van der Waals surface area contributed by atoms with Gasteiger partial charge in [0.1, 0.15) is 0 Å². The van der Waals surface area contributed by atoms with Gasteiger partial charge in [0, 0.05) is 16.3 Å². The molecule has 0 radical (unpaired) electrons. The number of carbonyl (C=O) groups is 1. The second-order valence-electron chi connectivity index (χ2n) is 2.23. The SMILES string of the molecule is [N-]=[NH+]N=CC(=O)c1cccc(Br)c1. The number of benzene rings is 1. The molecule has 0 aliphatic carbocycles. The van der Waals surface area contributed by atoms with E-state index < -0.39 is 0 Å². The van der Waals surface area contributed by atoms with Crippen LogP contribution < -0.4 is 5.22 Å². The van der Waals surface area contributed by atoms with Crippen LogP contribution in [0.25, 0.3) is 5.53 Å². The maximum absolute atomic E-state index is 11.2. The summed E-state index contributed by atoms with van der Waals surface area (Å²) in [5.74, 6) is -0.275. The monoisotopic (exact) mass is 239 g/mol. The van der Waals surface area contributed by atoms with Crippen LogP contribution in [0.5, 0.6) is 0 Å². The highest BCUT2D eigenvalue weighted by Crippen LogP contribution is 2.11. The summed E-state index contributed by atoms with van der Waals surface area (Å²) >= 11 is 3.24. The average Bonchev–Trinajstić information content (AvgIpc) is 2.14. The van der Waals surface area contributed by atoms with Crippen molar-refractivity contribution in [2.45, 2.75) is 0 Å². The van der Waals surface area contributed by atoms with Gasteiger partial charge in [-0.05, 0) is 12.1 Å². The molecule has 0 aliphatic rings. The Balaban J connectivity index is 2.89. The molecular weight excluding hydrogens is 234 g/mol. The van der Waals surface area contributed by atoms with Gasteiger partial charge >= 0.3 is 0 Å². The first-order valence-electron chi connectivity index (χ1n) is 3.46. The molecule has 5 heteroatoms. The molecule has 0 fully saturated rings. The summed E-state index contributed by atoms with van der Waals surface area (Å²) in [7, 11) is 0. The molecule has 0 saturated heterocycles. The quantitative estimate of drug-likeness (QED) is 0.359. The number of hydrogen-bond acceptors (Lipinski definition) is 1. The van der Waals surface area contributed by atoms with Gasteiger partial charge in [-0.15, -0.1) is 0 Å². The van der Waals surface area contributed by atoms with E-state index in [0.717, 1.165) is 10.7 Å². The minimum absolute atomic E-state index is 0.275. The van der Waals surface area contributed by atoms with Crippen molar-refractivity contribution < 1.29 is 10.0 Å². The molecular formula is C8H6BrN3O. The van der Waals surface area contributed by atoms with Crippen molar-refractivity contribution in [2.75, 3.05) is 0 Å². The highest BCUT2D eigenvalue weighted by atomic mass is 79.9. The molecule has 66 valence electrons. The van der Waals surface area contributed by atoms with Crippen molar-refractivity contribution in [2.24, 2.45) is 5.10 Å². The maximum atomic E-state index is 11.2. The number of ketones is 1. The molecule has 13 heavy (non-hydrogen) atoms. The van der Waals surface area contributed by atoms with E-state index in [4.69, 9.17) is 5.53 Å². The van der Waals surface area contributed by atoms with Gasteiger partial charge in [-0.3, -0.25) is 4.79 Å². The van der Waals surface area contributed by atoms with E-state index in [1.807, 2.05) is 6.07 Å². The Bertz CT molecular complexity index is 362. The van der Waals surface area contributed by atoms with Gasteiger partial charge in [0.25, 0.3) is 0 Å². The van der Waals surface area contributed by atoms with Gasteiger partial charge in [-0.2, -0.15) is 15.9 Å². The van der Waals surface area contributed by atoms with E-state index >= 15 is 0 Å². The van der Waals surface area contributed by atoms with Crippen LogP contribution in [0.1, 0.15) is 10.4 Å². The second kappa shape index (κ2) is 4.61. The van der Waals surface area contributed by atoms with Gasteiger partial charge in [0.15, 0.2) is 5.78 Å². The predicted octanol–water partition coefficient (Wildman–Crippen LogP) is 0.720. The first kappa shape index (κ1) is 9.73. The lowest BCUT2D eigenvalue weighted by atomic mass is 10.1. The van der Waals surface area contributed by atoms with Gasteiger partial charge in [-0.25, -0.2) is 0 Å². The number of hydrazone groups is 1. The Hall–Kier alpha value is -1.36. The number of rotatable bonds is 3. The molecule has 0 unspecified atom stereocenters. The summed E-state index contributed by atoms with van der Waals surface area (Å²) in [4.78, 5) is 11.2. The Morgan fingerprint density at radius 1 is 1.62 bits per heavy atom. The van der Waals surface area contributed by atoms with E-state index in [1.54, 1.807) is 18.2 Å². The van der Waals surface area contributed by atoms with Crippen LogP contribution in [-0.2, 0) is 0 Å². The molecule has 0 atom stereocenters. The lowest BCUT2D eigenvalue weighted by Gasteiger charge is -1.95. The van der Waals surface area contributed by atoms with Crippen molar-refractivity contribution >= 4 is 27.9 Å². The van der Waals surface area contributed by atoms with Crippen LogP contribution in [0, 0.1) is 0 Å². The van der Waals surface area contributed by atoms with Gasteiger partial charge < -0.3 is 0 Å². The number of Topliss-reactive ketones (excluding diaryl/α,β-unsaturated/α-hetero) is 1.